The monoisotopic (exact) mass is 192 g/mol. The van der Waals surface area contributed by atoms with Crippen molar-refractivity contribution in [3.8, 4) is 6.07 Å². The van der Waals surface area contributed by atoms with E-state index in [9.17, 15) is 14.9 Å². The predicted molar refractivity (Wildman–Crippen MR) is 44.8 cm³/mol. The third-order valence-electron chi connectivity index (χ3n) is 1.58. The highest BCUT2D eigenvalue weighted by Crippen LogP contribution is 2.20. The molecule has 0 saturated heterocycles. The fraction of sp³-hybridized carbons (Fsp3) is 0. The van der Waals surface area contributed by atoms with Gasteiger partial charge in [-0.25, -0.2) is 4.79 Å². The summed E-state index contributed by atoms with van der Waals surface area (Å²) >= 11 is 0. The molecule has 1 N–H and O–H groups in total. The van der Waals surface area contributed by atoms with E-state index in [4.69, 9.17) is 10.4 Å². The zero-order valence-corrected chi connectivity index (χ0v) is 6.80. The molecule has 0 aliphatic rings. The Kier molecular flexibility index (Phi) is 2.44. The number of hydrogen-bond donors (Lipinski definition) is 1. The SMILES string of the molecule is N#Cc1c(C(=O)O)cccc1[N+](=O)[O-]. The van der Waals surface area contributed by atoms with E-state index in [2.05, 4.69) is 0 Å². The van der Waals surface area contributed by atoms with Crippen molar-refractivity contribution in [2.75, 3.05) is 0 Å². The van der Waals surface area contributed by atoms with Crippen molar-refractivity contribution in [1.82, 2.24) is 0 Å². The van der Waals surface area contributed by atoms with Crippen LogP contribution in [0.25, 0.3) is 0 Å². The van der Waals surface area contributed by atoms with E-state index in [0.717, 1.165) is 12.1 Å². The number of carbonyl (C=O) groups is 1. The van der Waals surface area contributed by atoms with Crippen LogP contribution in [0.3, 0.4) is 0 Å². The van der Waals surface area contributed by atoms with E-state index in [1.807, 2.05) is 0 Å². The first kappa shape index (κ1) is 9.67. The van der Waals surface area contributed by atoms with Gasteiger partial charge in [0.05, 0.1) is 10.5 Å². The normalized spacial score (nSPS) is 9.07. The van der Waals surface area contributed by atoms with Gasteiger partial charge in [-0.15, -0.1) is 0 Å². The summed E-state index contributed by atoms with van der Waals surface area (Å²) in [5, 5.41) is 27.6. The van der Waals surface area contributed by atoms with Crippen LogP contribution < -0.4 is 0 Å². The minimum Gasteiger partial charge on any atom is -0.478 e. The lowest BCUT2D eigenvalue weighted by Crippen LogP contribution is -2.03. The van der Waals surface area contributed by atoms with Gasteiger partial charge >= 0.3 is 5.97 Å². The molecule has 0 fully saturated rings. The minimum atomic E-state index is -1.36. The maximum absolute atomic E-state index is 10.6. The molecule has 70 valence electrons. The van der Waals surface area contributed by atoms with E-state index < -0.39 is 22.1 Å². The summed E-state index contributed by atoms with van der Waals surface area (Å²) < 4.78 is 0. The van der Waals surface area contributed by atoms with Crippen LogP contribution in [0.2, 0.25) is 0 Å². The number of carboxylic acid groups (broad SMARTS) is 1. The zero-order chi connectivity index (χ0) is 10.7. The van der Waals surface area contributed by atoms with E-state index in [0.29, 0.717) is 0 Å². The lowest BCUT2D eigenvalue weighted by atomic mass is 10.1. The van der Waals surface area contributed by atoms with Crippen LogP contribution in [-0.2, 0) is 0 Å². The molecule has 14 heavy (non-hydrogen) atoms. The van der Waals surface area contributed by atoms with Crippen LogP contribution in [-0.4, -0.2) is 16.0 Å². The second kappa shape index (κ2) is 3.53. The fourth-order valence-electron chi connectivity index (χ4n) is 0.988. The van der Waals surface area contributed by atoms with Crippen molar-refractivity contribution < 1.29 is 14.8 Å². The molecule has 1 aromatic carbocycles. The number of nitrogens with zero attached hydrogens (tertiary/aromatic N) is 2. The number of nitro benzene ring substituents is 1. The first-order valence-corrected chi connectivity index (χ1v) is 3.48. The molecular formula is C8H4N2O4. The van der Waals surface area contributed by atoms with Gasteiger partial charge in [0.15, 0.2) is 0 Å². The summed E-state index contributed by atoms with van der Waals surface area (Å²) in [5.41, 5.74) is -1.28. The Morgan fingerprint density at radius 1 is 1.57 bits per heavy atom. The summed E-state index contributed by atoms with van der Waals surface area (Å²) in [5.74, 6) is -1.36. The van der Waals surface area contributed by atoms with Crippen molar-refractivity contribution in [3.05, 3.63) is 39.4 Å². The standard InChI is InChI=1S/C8H4N2O4/c9-4-6-5(8(11)12)2-1-3-7(6)10(13)14/h1-3H,(H,11,12). The largest absolute Gasteiger partial charge is 0.478 e. The maximum Gasteiger partial charge on any atom is 0.337 e. The highest BCUT2D eigenvalue weighted by Gasteiger charge is 2.20. The zero-order valence-electron chi connectivity index (χ0n) is 6.80. The number of nitro groups is 1. The van der Waals surface area contributed by atoms with E-state index in [-0.39, 0.29) is 5.56 Å². The second-order valence-corrected chi connectivity index (χ2v) is 2.37. The average molecular weight is 192 g/mol. The topological polar surface area (TPSA) is 104 Å². The van der Waals surface area contributed by atoms with Gasteiger partial charge in [0.2, 0.25) is 0 Å². The molecule has 0 spiro atoms. The number of rotatable bonds is 2. The molecule has 0 heterocycles. The van der Waals surface area contributed by atoms with Crippen molar-refractivity contribution >= 4 is 11.7 Å². The van der Waals surface area contributed by atoms with E-state index in [1.54, 1.807) is 0 Å². The van der Waals surface area contributed by atoms with Gasteiger partial charge in [-0.1, -0.05) is 6.07 Å². The second-order valence-electron chi connectivity index (χ2n) is 2.37. The molecular weight excluding hydrogens is 188 g/mol. The third kappa shape index (κ3) is 1.51. The Labute approximate surface area is 78.2 Å². The summed E-state index contributed by atoms with van der Waals surface area (Å²) in [7, 11) is 0. The predicted octanol–water partition coefficient (Wildman–Crippen LogP) is 1.16. The number of nitriles is 1. The molecule has 0 aliphatic heterocycles. The molecule has 0 bridgehead atoms. The smallest absolute Gasteiger partial charge is 0.337 e. The first-order valence-electron chi connectivity index (χ1n) is 3.48. The molecule has 0 amide bonds. The number of aromatic carboxylic acids is 1. The number of carboxylic acids is 1. The molecule has 0 radical (unpaired) electrons. The molecule has 6 nitrogen and oxygen atoms in total. The lowest BCUT2D eigenvalue weighted by Gasteiger charge is -1.97. The fourth-order valence-corrected chi connectivity index (χ4v) is 0.988. The minimum absolute atomic E-state index is 0.360. The van der Waals surface area contributed by atoms with Crippen LogP contribution in [0.4, 0.5) is 5.69 Å². The Morgan fingerprint density at radius 3 is 2.64 bits per heavy atom. The summed E-state index contributed by atoms with van der Waals surface area (Å²) in [6, 6.07) is 4.96. The Bertz CT molecular complexity index is 415. The molecule has 0 atom stereocenters. The quantitative estimate of drug-likeness (QED) is 0.559. The highest BCUT2D eigenvalue weighted by atomic mass is 16.6. The molecule has 0 unspecified atom stereocenters. The highest BCUT2D eigenvalue weighted by molar-refractivity contribution is 5.92. The molecule has 0 aliphatic carbocycles. The van der Waals surface area contributed by atoms with Crippen LogP contribution in [0.5, 0.6) is 0 Å². The third-order valence-corrected chi connectivity index (χ3v) is 1.58. The van der Waals surface area contributed by atoms with Gasteiger partial charge in [0, 0.05) is 6.07 Å². The van der Waals surface area contributed by atoms with Gasteiger partial charge in [-0.2, -0.15) is 5.26 Å². The van der Waals surface area contributed by atoms with Gasteiger partial charge < -0.3 is 5.11 Å². The van der Waals surface area contributed by atoms with E-state index >= 15 is 0 Å². The summed E-state index contributed by atoms with van der Waals surface area (Å²) in [6.07, 6.45) is 0. The summed E-state index contributed by atoms with van der Waals surface area (Å²) in [4.78, 5) is 20.2. The van der Waals surface area contributed by atoms with Crippen LogP contribution >= 0.6 is 0 Å². The molecule has 1 aromatic rings. The van der Waals surface area contributed by atoms with Gasteiger partial charge in [0.25, 0.3) is 5.69 Å². The molecule has 1 rings (SSSR count). The molecule has 6 heteroatoms. The van der Waals surface area contributed by atoms with Crippen molar-refractivity contribution in [1.29, 1.82) is 5.26 Å². The first-order chi connectivity index (χ1) is 6.57. The van der Waals surface area contributed by atoms with Gasteiger partial charge in [-0.05, 0) is 6.07 Å². The Morgan fingerprint density at radius 2 is 2.21 bits per heavy atom. The van der Waals surface area contributed by atoms with Crippen LogP contribution in [0.1, 0.15) is 15.9 Å². The van der Waals surface area contributed by atoms with Crippen LogP contribution in [0.15, 0.2) is 18.2 Å². The van der Waals surface area contributed by atoms with Crippen molar-refractivity contribution in [2.24, 2.45) is 0 Å². The Balaban J connectivity index is 3.50. The van der Waals surface area contributed by atoms with E-state index in [1.165, 1.54) is 12.1 Å². The van der Waals surface area contributed by atoms with Crippen LogP contribution in [0, 0.1) is 21.4 Å². The van der Waals surface area contributed by atoms with Gasteiger partial charge in [0.1, 0.15) is 11.6 Å². The summed E-state index contributed by atoms with van der Waals surface area (Å²) in [6.45, 7) is 0. The maximum atomic E-state index is 10.6. The molecule has 0 saturated carbocycles. The van der Waals surface area contributed by atoms with Crippen molar-refractivity contribution in [3.63, 3.8) is 0 Å². The average Bonchev–Trinajstić information content (AvgIpc) is 2.16. The van der Waals surface area contributed by atoms with Crippen molar-refractivity contribution in [2.45, 2.75) is 0 Å². The lowest BCUT2D eigenvalue weighted by molar-refractivity contribution is -0.385. The number of hydrogen-bond acceptors (Lipinski definition) is 4. The van der Waals surface area contributed by atoms with Gasteiger partial charge in [-0.3, -0.25) is 10.1 Å². The Hall–Kier alpha value is -2.42. The number of benzene rings is 1. The molecule has 0 aromatic heterocycles.